The second-order valence-electron chi connectivity index (χ2n) is 4.49. The van der Waals surface area contributed by atoms with Crippen molar-refractivity contribution in [2.24, 2.45) is 5.41 Å². The lowest BCUT2D eigenvalue weighted by molar-refractivity contribution is -0.117. The molecule has 1 atom stereocenters. The highest BCUT2D eigenvalue weighted by Gasteiger charge is 2.28. The number of hydrogen-bond donors (Lipinski definition) is 1. The maximum Gasteiger partial charge on any atom is 0.126 e. The smallest absolute Gasteiger partial charge is 0.126 e. The van der Waals surface area contributed by atoms with Crippen LogP contribution in [0.2, 0.25) is 0 Å². The number of ether oxygens (including phenoxy) is 1. The van der Waals surface area contributed by atoms with Crippen LogP contribution in [0.5, 0.6) is 0 Å². The lowest BCUT2D eigenvalue weighted by Gasteiger charge is -2.37. The number of aliphatic hydroxyl groups is 1. The highest BCUT2D eigenvalue weighted by molar-refractivity contribution is 5.58. The summed E-state index contributed by atoms with van der Waals surface area (Å²) in [5, 5.41) is 9.12. The Morgan fingerprint density at radius 3 is 2.93 bits per heavy atom. The molecular formula is C10H19NO3. The topological polar surface area (TPSA) is 49.8 Å². The van der Waals surface area contributed by atoms with Gasteiger partial charge in [0.15, 0.2) is 0 Å². The van der Waals surface area contributed by atoms with Crippen molar-refractivity contribution in [2.75, 3.05) is 32.9 Å². The van der Waals surface area contributed by atoms with Crippen LogP contribution in [0, 0.1) is 5.41 Å². The van der Waals surface area contributed by atoms with E-state index in [1.807, 2.05) is 13.8 Å². The van der Waals surface area contributed by atoms with Crippen molar-refractivity contribution < 1.29 is 14.6 Å². The zero-order chi connectivity index (χ0) is 10.6. The van der Waals surface area contributed by atoms with Crippen LogP contribution in [0.15, 0.2) is 0 Å². The SMILES string of the molecule is CC(C)(C=O)CN1CCOCC1CO. The van der Waals surface area contributed by atoms with Gasteiger partial charge in [-0.25, -0.2) is 0 Å². The van der Waals surface area contributed by atoms with Gasteiger partial charge >= 0.3 is 0 Å². The fraction of sp³-hybridized carbons (Fsp3) is 0.900. The molecule has 0 aliphatic carbocycles. The Bertz CT molecular complexity index is 194. The van der Waals surface area contributed by atoms with Crippen LogP contribution in [0.1, 0.15) is 13.8 Å². The first-order valence-corrected chi connectivity index (χ1v) is 4.98. The quantitative estimate of drug-likeness (QED) is 0.646. The average molecular weight is 201 g/mol. The summed E-state index contributed by atoms with van der Waals surface area (Å²) in [4.78, 5) is 12.9. The first-order chi connectivity index (χ1) is 6.59. The Morgan fingerprint density at radius 1 is 1.64 bits per heavy atom. The van der Waals surface area contributed by atoms with Crippen molar-refractivity contribution in [2.45, 2.75) is 19.9 Å². The molecule has 0 spiro atoms. The fourth-order valence-electron chi connectivity index (χ4n) is 1.63. The predicted octanol–water partition coefficient (Wildman–Crippen LogP) is -0.0954. The molecule has 82 valence electrons. The molecule has 14 heavy (non-hydrogen) atoms. The summed E-state index contributed by atoms with van der Waals surface area (Å²) in [5.41, 5.74) is -0.342. The number of aldehydes is 1. The lowest BCUT2D eigenvalue weighted by atomic mass is 9.94. The number of nitrogens with zero attached hydrogens (tertiary/aromatic N) is 1. The number of carbonyl (C=O) groups is 1. The predicted molar refractivity (Wildman–Crippen MR) is 53.1 cm³/mol. The number of hydrogen-bond acceptors (Lipinski definition) is 4. The minimum atomic E-state index is -0.342. The van der Waals surface area contributed by atoms with Crippen molar-refractivity contribution in [3.05, 3.63) is 0 Å². The van der Waals surface area contributed by atoms with Crippen molar-refractivity contribution in [1.82, 2.24) is 4.90 Å². The van der Waals surface area contributed by atoms with Gasteiger partial charge in [-0.1, -0.05) is 13.8 Å². The molecule has 1 rings (SSSR count). The zero-order valence-corrected chi connectivity index (χ0v) is 8.90. The normalized spacial score (nSPS) is 24.9. The molecule has 1 aliphatic rings. The van der Waals surface area contributed by atoms with Crippen LogP contribution in [0.3, 0.4) is 0 Å². The van der Waals surface area contributed by atoms with Gasteiger partial charge in [0.05, 0.1) is 25.9 Å². The van der Waals surface area contributed by atoms with Crippen LogP contribution in [0.4, 0.5) is 0 Å². The van der Waals surface area contributed by atoms with Crippen LogP contribution in [-0.2, 0) is 9.53 Å². The molecule has 0 bridgehead atoms. The molecule has 0 saturated carbocycles. The van der Waals surface area contributed by atoms with Crippen molar-refractivity contribution in [3.63, 3.8) is 0 Å². The summed E-state index contributed by atoms with van der Waals surface area (Å²) in [5.74, 6) is 0. The van der Waals surface area contributed by atoms with E-state index >= 15 is 0 Å². The van der Waals surface area contributed by atoms with E-state index in [0.29, 0.717) is 19.8 Å². The van der Waals surface area contributed by atoms with Crippen LogP contribution in [-0.4, -0.2) is 55.2 Å². The molecule has 4 nitrogen and oxygen atoms in total. The largest absolute Gasteiger partial charge is 0.395 e. The molecule has 1 aliphatic heterocycles. The molecule has 1 fully saturated rings. The first kappa shape index (κ1) is 11.6. The molecular weight excluding hydrogens is 182 g/mol. The summed E-state index contributed by atoms with van der Waals surface area (Å²) in [6.45, 7) is 6.63. The number of morpholine rings is 1. The molecule has 0 aromatic heterocycles. The summed E-state index contributed by atoms with van der Waals surface area (Å²) in [6, 6.07) is 0.0444. The first-order valence-electron chi connectivity index (χ1n) is 4.98. The monoisotopic (exact) mass is 201 g/mol. The average Bonchev–Trinajstić information content (AvgIpc) is 2.18. The van der Waals surface area contributed by atoms with E-state index in [1.165, 1.54) is 0 Å². The fourth-order valence-corrected chi connectivity index (χ4v) is 1.63. The highest BCUT2D eigenvalue weighted by Crippen LogP contribution is 2.17. The summed E-state index contributed by atoms with van der Waals surface area (Å²) in [6.07, 6.45) is 0.969. The maximum atomic E-state index is 10.8. The van der Waals surface area contributed by atoms with E-state index < -0.39 is 0 Å². The highest BCUT2D eigenvalue weighted by atomic mass is 16.5. The second kappa shape index (κ2) is 4.87. The van der Waals surface area contributed by atoms with Crippen LogP contribution >= 0.6 is 0 Å². The van der Waals surface area contributed by atoms with Gasteiger partial charge in [-0.3, -0.25) is 4.90 Å². The van der Waals surface area contributed by atoms with E-state index in [1.54, 1.807) is 0 Å². The molecule has 4 heteroatoms. The lowest BCUT2D eigenvalue weighted by Crippen LogP contribution is -2.51. The molecule has 1 unspecified atom stereocenters. The van der Waals surface area contributed by atoms with E-state index in [-0.39, 0.29) is 18.1 Å². The molecule has 1 heterocycles. The molecule has 1 saturated heterocycles. The Balaban J connectivity index is 2.52. The Labute approximate surface area is 84.8 Å². The van der Waals surface area contributed by atoms with Gasteiger partial charge in [0, 0.05) is 18.5 Å². The van der Waals surface area contributed by atoms with E-state index in [0.717, 1.165) is 12.8 Å². The molecule has 1 N–H and O–H groups in total. The van der Waals surface area contributed by atoms with Gasteiger partial charge in [-0.15, -0.1) is 0 Å². The third-order valence-corrected chi connectivity index (χ3v) is 2.49. The minimum absolute atomic E-state index is 0.0444. The van der Waals surface area contributed by atoms with Crippen LogP contribution < -0.4 is 0 Å². The Hall–Kier alpha value is -0.450. The summed E-state index contributed by atoms with van der Waals surface area (Å²) >= 11 is 0. The van der Waals surface area contributed by atoms with E-state index in [9.17, 15) is 4.79 Å². The Morgan fingerprint density at radius 2 is 2.36 bits per heavy atom. The summed E-state index contributed by atoms with van der Waals surface area (Å²) < 4.78 is 5.26. The van der Waals surface area contributed by atoms with Crippen molar-refractivity contribution in [1.29, 1.82) is 0 Å². The van der Waals surface area contributed by atoms with Crippen molar-refractivity contribution >= 4 is 6.29 Å². The number of rotatable bonds is 4. The third-order valence-electron chi connectivity index (χ3n) is 2.49. The van der Waals surface area contributed by atoms with Gasteiger partial charge in [0.1, 0.15) is 6.29 Å². The molecule has 0 aromatic carbocycles. The Kier molecular flexibility index (Phi) is 4.04. The third kappa shape index (κ3) is 3.04. The second-order valence-corrected chi connectivity index (χ2v) is 4.49. The zero-order valence-electron chi connectivity index (χ0n) is 8.90. The van der Waals surface area contributed by atoms with E-state index in [2.05, 4.69) is 4.90 Å². The molecule has 0 aromatic rings. The molecule has 0 amide bonds. The van der Waals surface area contributed by atoms with Gasteiger partial charge in [0.25, 0.3) is 0 Å². The molecule has 0 radical (unpaired) electrons. The van der Waals surface area contributed by atoms with Gasteiger partial charge in [-0.2, -0.15) is 0 Å². The van der Waals surface area contributed by atoms with Gasteiger partial charge in [0.2, 0.25) is 0 Å². The van der Waals surface area contributed by atoms with E-state index in [4.69, 9.17) is 9.84 Å². The standard InChI is InChI=1S/C10H19NO3/c1-10(2,8-13)7-11-3-4-14-6-9(11)5-12/h8-9,12H,3-7H2,1-2H3. The van der Waals surface area contributed by atoms with Gasteiger partial charge in [-0.05, 0) is 0 Å². The minimum Gasteiger partial charge on any atom is -0.395 e. The maximum absolute atomic E-state index is 10.8. The van der Waals surface area contributed by atoms with Gasteiger partial charge < -0.3 is 14.6 Å². The summed E-state index contributed by atoms with van der Waals surface area (Å²) in [7, 11) is 0. The number of aliphatic hydroxyl groups excluding tert-OH is 1. The number of carbonyl (C=O) groups excluding carboxylic acids is 1. The van der Waals surface area contributed by atoms with Crippen LogP contribution in [0.25, 0.3) is 0 Å². The van der Waals surface area contributed by atoms with Crippen molar-refractivity contribution in [3.8, 4) is 0 Å².